The topological polar surface area (TPSA) is 163 Å². The van der Waals surface area contributed by atoms with Crippen LogP contribution in [0.2, 0.25) is 0 Å². The number of rotatable bonds is 26. The SMILES string of the molecule is C=C=C/C=C(\C=C(/C)c1cc(N(CC)CC)ccc1NC(=O)c1cccc(C(=O)N(C)CCN2CCN(C(=O)N(C)CCOCCOCCOCCC(=O)OC(C)(C)C)CC2)c1)C(=O)N[C@H]1CCCc2ccccc21. The summed E-state index contributed by atoms with van der Waals surface area (Å²) >= 11 is 0. The molecule has 406 valence electrons. The Bertz CT molecular complexity index is 2500. The number of urea groups is 1. The van der Waals surface area contributed by atoms with Crippen molar-refractivity contribution in [2.75, 3.05) is 123 Å². The quantitative estimate of drug-likeness (QED) is 0.0262. The fraction of sp³-hybridized carbons (Fsp3) is 0.492. The summed E-state index contributed by atoms with van der Waals surface area (Å²) in [6.07, 6.45) is 8.18. The number of anilines is 2. The highest BCUT2D eigenvalue weighted by atomic mass is 16.6. The Morgan fingerprint density at radius 3 is 2.19 bits per heavy atom. The van der Waals surface area contributed by atoms with Crippen molar-refractivity contribution in [2.24, 2.45) is 0 Å². The zero-order chi connectivity index (χ0) is 54.3. The van der Waals surface area contributed by atoms with Crippen LogP contribution in [0.15, 0.2) is 103 Å². The summed E-state index contributed by atoms with van der Waals surface area (Å²) in [5.41, 5.74) is 8.86. The lowest BCUT2D eigenvalue weighted by Crippen LogP contribution is -2.53. The van der Waals surface area contributed by atoms with Gasteiger partial charge in [-0.05, 0) is 132 Å². The molecule has 0 bridgehead atoms. The minimum absolute atomic E-state index is 0.0574. The van der Waals surface area contributed by atoms with Crippen molar-refractivity contribution in [1.29, 1.82) is 0 Å². The number of carbonyl (C=O) groups excluding carboxylic acids is 5. The number of aryl methyl sites for hydroxylation is 1. The third kappa shape index (κ3) is 19.0. The first-order valence-corrected chi connectivity index (χ1v) is 26.4. The number of nitrogens with zero attached hydrogens (tertiary/aromatic N) is 5. The molecule has 16 nitrogen and oxygen atoms in total. The van der Waals surface area contributed by atoms with Gasteiger partial charge in [-0.15, -0.1) is 5.73 Å². The van der Waals surface area contributed by atoms with E-state index in [0.717, 1.165) is 54.7 Å². The maximum Gasteiger partial charge on any atom is 0.319 e. The molecular weight excluding hydrogens is 951 g/mol. The largest absolute Gasteiger partial charge is 0.460 e. The molecule has 16 heteroatoms. The lowest BCUT2D eigenvalue weighted by atomic mass is 9.87. The van der Waals surface area contributed by atoms with Gasteiger partial charge in [0.2, 0.25) is 0 Å². The predicted octanol–water partition coefficient (Wildman–Crippen LogP) is 8.17. The van der Waals surface area contributed by atoms with Crippen LogP contribution >= 0.6 is 0 Å². The highest BCUT2D eigenvalue weighted by Gasteiger charge is 2.26. The van der Waals surface area contributed by atoms with Crippen molar-refractivity contribution in [3.63, 3.8) is 0 Å². The van der Waals surface area contributed by atoms with E-state index >= 15 is 0 Å². The molecule has 1 aliphatic heterocycles. The summed E-state index contributed by atoms with van der Waals surface area (Å²) in [4.78, 5) is 76.4. The van der Waals surface area contributed by atoms with Crippen molar-refractivity contribution in [3.8, 4) is 0 Å². The second kappa shape index (κ2) is 30.1. The molecule has 1 aliphatic carbocycles. The number of allylic oxidation sites excluding steroid dienone is 3. The summed E-state index contributed by atoms with van der Waals surface area (Å²) in [6, 6.07) is 20.7. The maximum atomic E-state index is 14.1. The molecule has 0 radical (unpaired) electrons. The molecule has 5 amide bonds. The second-order valence-electron chi connectivity index (χ2n) is 19.8. The minimum Gasteiger partial charge on any atom is -0.460 e. The van der Waals surface area contributed by atoms with Crippen LogP contribution in [0.5, 0.6) is 0 Å². The average Bonchev–Trinajstić information content (AvgIpc) is 3.40. The van der Waals surface area contributed by atoms with Crippen molar-refractivity contribution in [1.82, 2.24) is 24.9 Å². The molecule has 0 spiro atoms. The maximum absolute atomic E-state index is 14.1. The molecule has 1 atom stereocenters. The first-order valence-electron chi connectivity index (χ1n) is 26.4. The minimum atomic E-state index is -0.512. The highest BCUT2D eigenvalue weighted by Crippen LogP contribution is 2.32. The van der Waals surface area contributed by atoms with E-state index in [4.69, 9.17) is 18.9 Å². The van der Waals surface area contributed by atoms with Crippen molar-refractivity contribution in [3.05, 3.63) is 131 Å². The Hall–Kier alpha value is -6.55. The summed E-state index contributed by atoms with van der Waals surface area (Å²) in [6.45, 7) is 23.1. The highest BCUT2D eigenvalue weighted by molar-refractivity contribution is 6.08. The van der Waals surface area contributed by atoms with Gasteiger partial charge in [-0.1, -0.05) is 36.9 Å². The fourth-order valence-electron chi connectivity index (χ4n) is 8.94. The van der Waals surface area contributed by atoms with Gasteiger partial charge < -0.3 is 49.2 Å². The molecule has 75 heavy (non-hydrogen) atoms. The summed E-state index contributed by atoms with van der Waals surface area (Å²) in [5.74, 6) is -1.09. The van der Waals surface area contributed by atoms with E-state index in [1.807, 2.05) is 69.0 Å². The molecule has 1 fully saturated rings. The first kappa shape index (κ1) is 59.3. The number of nitrogens with one attached hydrogen (secondary N) is 2. The van der Waals surface area contributed by atoms with Crippen LogP contribution in [0.3, 0.4) is 0 Å². The third-order valence-corrected chi connectivity index (χ3v) is 13.1. The van der Waals surface area contributed by atoms with Crippen LogP contribution < -0.4 is 15.5 Å². The Labute approximate surface area is 445 Å². The molecule has 0 saturated carbocycles. The molecule has 1 heterocycles. The Balaban J connectivity index is 1.09. The van der Waals surface area contributed by atoms with Gasteiger partial charge in [-0.3, -0.25) is 24.1 Å². The monoisotopic (exact) mass is 1030 g/mol. The van der Waals surface area contributed by atoms with Gasteiger partial charge in [0.25, 0.3) is 17.7 Å². The third-order valence-electron chi connectivity index (χ3n) is 13.1. The van der Waals surface area contributed by atoms with Crippen LogP contribution in [-0.2, 0) is 35.0 Å². The number of piperazine rings is 1. The molecule has 0 unspecified atom stereocenters. The molecular formula is C59H81N7O9. The van der Waals surface area contributed by atoms with Crippen molar-refractivity contribution >= 4 is 46.7 Å². The van der Waals surface area contributed by atoms with Crippen LogP contribution in [0.1, 0.15) is 104 Å². The number of likely N-dealkylation sites (N-methyl/N-ethyl adjacent to an activating group) is 2. The molecule has 3 aromatic carbocycles. The van der Waals surface area contributed by atoms with Gasteiger partial charge in [0.1, 0.15) is 5.60 Å². The van der Waals surface area contributed by atoms with Crippen LogP contribution in [-0.4, -0.2) is 168 Å². The number of fused-ring (bicyclic) bond motifs is 1. The second-order valence-corrected chi connectivity index (χ2v) is 19.8. The normalized spacial score (nSPS) is 15.0. The van der Waals surface area contributed by atoms with Crippen LogP contribution in [0.4, 0.5) is 16.2 Å². The van der Waals surface area contributed by atoms with E-state index in [2.05, 4.69) is 58.7 Å². The number of ether oxygens (including phenoxy) is 4. The number of carbonyl (C=O) groups is 5. The van der Waals surface area contributed by atoms with E-state index in [9.17, 15) is 24.0 Å². The Morgan fingerprint density at radius 2 is 1.49 bits per heavy atom. The van der Waals surface area contributed by atoms with E-state index in [0.29, 0.717) is 101 Å². The molecule has 2 aliphatic rings. The Kier molecular flexibility index (Phi) is 23.8. The standard InChI is InChI=1S/C59H81N7O9/c1-10-13-18-46(55(68)60-52-24-17-20-45-19-14-15-23-50(45)52)41-44(4)51-43-49(65(11-2)12-3)25-26-53(51)61-56(69)47-21-16-22-48(42-47)57(70)62(8)28-29-64-30-32-66(33-31-64)58(71)63(9)34-36-73-38-40-74-39-37-72-35-27-54(67)75-59(5,6)7/h13-16,18-19,21-23,25-26,41-43,52H,1,11-12,17,20,24,27-40H2,2-9H3,(H,60,68)(H,61,69)/b44-41+,46-18+/t52-/m0/s1. The van der Waals surface area contributed by atoms with Gasteiger partial charge >= 0.3 is 12.0 Å². The molecule has 2 N–H and O–H groups in total. The zero-order valence-electron chi connectivity index (χ0n) is 45.7. The van der Waals surface area contributed by atoms with E-state index in [-0.39, 0.29) is 48.8 Å². The number of benzene rings is 3. The van der Waals surface area contributed by atoms with E-state index in [1.54, 1.807) is 60.3 Å². The summed E-state index contributed by atoms with van der Waals surface area (Å²) in [5, 5.41) is 6.38. The van der Waals surface area contributed by atoms with Gasteiger partial charge in [-0.2, -0.15) is 0 Å². The van der Waals surface area contributed by atoms with E-state index in [1.165, 1.54) is 5.56 Å². The number of amides is 5. The number of hydrogen-bond acceptors (Lipinski definition) is 11. The van der Waals surface area contributed by atoms with Crippen LogP contribution in [0.25, 0.3) is 5.57 Å². The average molecular weight is 1030 g/mol. The van der Waals surface area contributed by atoms with Crippen LogP contribution in [0, 0.1) is 0 Å². The van der Waals surface area contributed by atoms with Gasteiger partial charge in [-0.25, -0.2) is 4.79 Å². The lowest BCUT2D eigenvalue weighted by Gasteiger charge is -2.37. The summed E-state index contributed by atoms with van der Waals surface area (Å²) < 4.78 is 21.9. The lowest BCUT2D eigenvalue weighted by molar-refractivity contribution is -0.156. The zero-order valence-corrected chi connectivity index (χ0v) is 45.7. The number of esters is 1. The molecule has 3 aromatic rings. The predicted molar refractivity (Wildman–Crippen MR) is 296 cm³/mol. The smallest absolute Gasteiger partial charge is 0.319 e. The van der Waals surface area contributed by atoms with Crippen molar-refractivity contribution in [2.45, 2.75) is 78.9 Å². The van der Waals surface area contributed by atoms with Gasteiger partial charge in [0, 0.05) is 107 Å². The molecule has 1 saturated heterocycles. The first-order chi connectivity index (χ1) is 36.0. The van der Waals surface area contributed by atoms with Gasteiger partial charge in [0.15, 0.2) is 0 Å². The number of hydrogen-bond donors (Lipinski definition) is 2. The Morgan fingerprint density at radius 1 is 0.813 bits per heavy atom. The van der Waals surface area contributed by atoms with Gasteiger partial charge in [0.05, 0.1) is 52.1 Å². The van der Waals surface area contributed by atoms with E-state index < -0.39 is 5.60 Å². The molecule has 0 aromatic heterocycles. The summed E-state index contributed by atoms with van der Waals surface area (Å²) in [7, 11) is 3.52. The molecule has 5 rings (SSSR count). The fourth-order valence-corrected chi connectivity index (χ4v) is 8.94. The van der Waals surface area contributed by atoms with Crippen molar-refractivity contribution < 1.29 is 42.9 Å².